The van der Waals surface area contributed by atoms with Crippen molar-refractivity contribution in [1.82, 2.24) is 78.5 Å². The van der Waals surface area contributed by atoms with E-state index in [1.165, 1.54) is 4.90 Å². The van der Waals surface area contributed by atoms with Crippen LogP contribution in [0.5, 0.6) is 0 Å². The first kappa shape index (κ1) is 117. The zero-order valence-corrected chi connectivity index (χ0v) is 88.6. The van der Waals surface area contributed by atoms with Gasteiger partial charge in [0.15, 0.2) is 0 Å². The zero-order valence-electron chi connectivity index (χ0n) is 87.1. The van der Waals surface area contributed by atoms with Crippen LogP contribution in [0.25, 0.3) is 0 Å². The Morgan fingerprint density at radius 3 is 0.972 bits per heavy atom. The number of ether oxygens (including phenoxy) is 2. The molecule has 790 valence electrons. The number of alkyl halides is 2. The Labute approximate surface area is 844 Å². The van der Waals surface area contributed by atoms with Crippen LogP contribution in [0.2, 0.25) is 0 Å². The second-order valence-corrected chi connectivity index (χ2v) is 47.9. The zero-order chi connectivity index (χ0) is 105. The maximum Gasteiger partial charge on any atom is 0.315 e. The van der Waals surface area contributed by atoms with Crippen LogP contribution in [0.1, 0.15) is 311 Å². The van der Waals surface area contributed by atoms with Gasteiger partial charge in [-0.3, -0.25) is 71.9 Å². The summed E-state index contributed by atoms with van der Waals surface area (Å²) in [6.07, 6.45) is 23.4. The number of nitrogens with one attached hydrogen (secondary N) is 12. The molecule has 141 heavy (non-hydrogen) atoms. The van der Waals surface area contributed by atoms with Crippen molar-refractivity contribution < 1.29 is 95.8 Å². The number of fused-ring (bicyclic) bond motifs is 3. The van der Waals surface area contributed by atoms with Crippen molar-refractivity contribution in [2.75, 3.05) is 39.3 Å². The molecule has 12 N–H and O–H groups in total. The maximum atomic E-state index is 14.3. The Balaban J connectivity index is 0.000000259. The average Bonchev–Trinajstić information content (AvgIpc) is 1.53. The average molecular weight is 2020 g/mol. The molecule has 7 saturated carbocycles. The third-order valence-corrected chi connectivity index (χ3v) is 30.5. The molecule has 0 radical (unpaired) electrons. The molecule has 0 bridgehead atoms. The van der Waals surface area contributed by atoms with Crippen molar-refractivity contribution in [1.29, 1.82) is 0 Å². The van der Waals surface area contributed by atoms with E-state index in [0.29, 0.717) is 32.4 Å². The number of Topliss-reactive ketones (excluding diaryl/α,β-unsaturated/α-hetero) is 4. The third-order valence-electron chi connectivity index (χ3n) is 29.4. The van der Waals surface area contributed by atoms with Gasteiger partial charge in [0, 0.05) is 80.1 Å². The summed E-state index contributed by atoms with van der Waals surface area (Å²) in [6.45, 7) is 47.5. The highest BCUT2D eigenvalue weighted by molar-refractivity contribution is 6.51. The van der Waals surface area contributed by atoms with Crippen molar-refractivity contribution in [3.05, 3.63) is 38.0 Å². The fourth-order valence-electron chi connectivity index (χ4n) is 21.7. The Bertz CT molecular complexity index is 4540. The van der Waals surface area contributed by atoms with Crippen molar-refractivity contribution in [2.24, 2.45) is 70.0 Å². The normalized spacial score (nSPS) is 24.2. The van der Waals surface area contributed by atoms with E-state index in [2.05, 4.69) is 111 Å². The molecular formula is C104H165Cl2N15O20. The molecule has 0 aromatic carbocycles. The van der Waals surface area contributed by atoms with Crippen molar-refractivity contribution in [3.63, 3.8) is 0 Å². The van der Waals surface area contributed by atoms with Gasteiger partial charge in [-0.25, -0.2) is 14.4 Å². The summed E-state index contributed by atoms with van der Waals surface area (Å²) in [5, 5.41) is 33.2. The Morgan fingerprint density at radius 2 is 0.681 bits per heavy atom. The minimum absolute atomic E-state index is 0.0243. The predicted octanol–water partition coefficient (Wildman–Crippen LogP) is 10.7. The topological polar surface area (TPSA) is 480 Å². The molecule has 0 aromatic heterocycles. The number of carbonyl (C=O) groups excluding carboxylic acids is 18. The SMILES string of the molecule is C=CCCC(NC(=O)[C@@H]1[C@@H]2[C@H](CN1C(=O)[C@@H](NC(=O)NC(C)(C)C)C1CCCCC1)C2(C)C)C(=O)C(=O)NCCC(=O)C(C)C.C=CCCC(NC(=O)[C@@H]1[C@@H]2[C@H](CN1C(=O)[C@@H](NC(=O)NC(C)(C)C)C1CCCCC1)C2(C)C)C(=O)C(=O)NCCC(=O)OC(C)(C)C.C=CCCC(NC(=O)[C@@H]1[C@@H]2[C@H](CN1C(=O)[C@@H](NC(=O)NC(C)(C)C)C1CCCCC1)C2(Cl)Cl)C(=O)C(=O)NCCC(=O)OC1(C)CCCC1. The van der Waals surface area contributed by atoms with Crippen LogP contribution in [-0.4, -0.2) is 247 Å². The maximum absolute atomic E-state index is 14.3. The number of amides is 15. The number of esters is 2. The molecule has 0 spiro atoms. The third kappa shape index (κ3) is 32.7. The summed E-state index contributed by atoms with van der Waals surface area (Å²) in [4.78, 5) is 243. The Kier molecular flexibility index (Phi) is 41.3. The predicted molar refractivity (Wildman–Crippen MR) is 535 cm³/mol. The molecule has 37 heteroatoms. The molecule has 10 fully saturated rings. The van der Waals surface area contributed by atoms with E-state index in [1.807, 2.05) is 69.2 Å². The van der Waals surface area contributed by atoms with Gasteiger partial charge in [-0.05, 0) is 245 Å². The number of rotatable bonds is 41. The number of piperidine rings is 3. The van der Waals surface area contributed by atoms with E-state index in [-0.39, 0.29) is 146 Å². The van der Waals surface area contributed by atoms with Crippen LogP contribution in [0, 0.1) is 70.0 Å². The van der Waals surface area contributed by atoms with Crippen molar-refractivity contribution >= 4 is 130 Å². The summed E-state index contributed by atoms with van der Waals surface area (Å²) in [5.74, 6) is -10.3. The van der Waals surface area contributed by atoms with E-state index in [0.717, 1.165) is 122 Å². The summed E-state index contributed by atoms with van der Waals surface area (Å²) >= 11 is 13.1. The van der Waals surface area contributed by atoms with Gasteiger partial charge in [0.25, 0.3) is 17.7 Å². The van der Waals surface area contributed by atoms with Gasteiger partial charge in [-0.15, -0.1) is 42.9 Å². The van der Waals surface area contributed by atoms with E-state index in [1.54, 1.807) is 62.6 Å². The second-order valence-electron chi connectivity index (χ2n) is 46.4. The van der Waals surface area contributed by atoms with Gasteiger partial charge >= 0.3 is 30.0 Å². The lowest BCUT2D eigenvalue weighted by Crippen LogP contribution is -2.61. The highest BCUT2D eigenvalue weighted by Gasteiger charge is 2.75. The molecule has 0 aromatic rings. The van der Waals surface area contributed by atoms with Gasteiger partial charge in [-0.2, -0.15) is 0 Å². The first-order valence-corrected chi connectivity index (χ1v) is 52.2. The van der Waals surface area contributed by atoms with Crippen LogP contribution >= 0.6 is 23.2 Å². The first-order chi connectivity index (χ1) is 65.7. The van der Waals surface area contributed by atoms with Crippen molar-refractivity contribution in [3.8, 4) is 0 Å². The summed E-state index contributed by atoms with van der Waals surface area (Å²) in [5.41, 5.74) is -3.05. The molecule has 3 saturated heterocycles. The van der Waals surface area contributed by atoms with Gasteiger partial charge in [-0.1, -0.05) is 118 Å². The van der Waals surface area contributed by atoms with E-state index < -0.39 is 181 Å². The molecule has 7 aliphatic carbocycles. The van der Waals surface area contributed by atoms with Crippen LogP contribution in [0.3, 0.4) is 0 Å². The van der Waals surface area contributed by atoms with Crippen LogP contribution in [-0.2, 0) is 81.4 Å². The number of hydrogen-bond acceptors (Lipinski definition) is 20. The number of allylic oxidation sites excluding steroid dienone is 3. The van der Waals surface area contributed by atoms with E-state index in [9.17, 15) is 86.3 Å². The largest absolute Gasteiger partial charge is 0.460 e. The lowest BCUT2D eigenvalue weighted by atomic mass is 9.83. The molecule has 3 heterocycles. The number of halogens is 2. The lowest BCUT2D eigenvalue weighted by molar-refractivity contribution is -0.158. The van der Waals surface area contributed by atoms with E-state index >= 15 is 0 Å². The Hall–Kier alpha value is -9.54. The number of urea groups is 3. The highest BCUT2D eigenvalue weighted by atomic mass is 35.5. The number of ketones is 4. The van der Waals surface area contributed by atoms with E-state index in [4.69, 9.17) is 32.7 Å². The molecule has 15 amide bonds. The highest BCUT2D eigenvalue weighted by Crippen LogP contribution is 2.67. The van der Waals surface area contributed by atoms with Gasteiger partial charge < -0.3 is 88.0 Å². The van der Waals surface area contributed by atoms with Crippen molar-refractivity contribution in [2.45, 2.75) is 398 Å². The smallest absolute Gasteiger partial charge is 0.315 e. The second kappa shape index (κ2) is 49.8. The quantitative estimate of drug-likeness (QED) is 0.0117. The summed E-state index contributed by atoms with van der Waals surface area (Å²) in [7, 11) is 0. The monoisotopic (exact) mass is 2010 g/mol. The summed E-state index contributed by atoms with van der Waals surface area (Å²) < 4.78 is 9.59. The number of carbonyl (C=O) groups is 18. The van der Waals surface area contributed by atoms with Gasteiger partial charge in [0.05, 0.1) is 31.0 Å². The Morgan fingerprint density at radius 1 is 0.390 bits per heavy atom. The van der Waals surface area contributed by atoms with Gasteiger partial charge in [0.1, 0.15) is 57.6 Å². The number of hydrogen-bond donors (Lipinski definition) is 12. The van der Waals surface area contributed by atoms with Crippen LogP contribution in [0.15, 0.2) is 38.0 Å². The molecule has 35 nitrogen and oxygen atoms in total. The number of nitrogens with zero attached hydrogens (tertiary/aromatic N) is 3. The van der Waals surface area contributed by atoms with Gasteiger partial charge in [0.2, 0.25) is 52.8 Å². The lowest BCUT2D eigenvalue weighted by Gasteiger charge is -2.37. The molecule has 3 aliphatic heterocycles. The molecule has 15 atom stereocenters. The van der Waals surface area contributed by atoms with Crippen LogP contribution < -0.4 is 63.8 Å². The fraction of sp³-hybridized carbons (Fsp3) is 0.769. The van der Waals surface area contributed by atoms with Crippen LogP contribution in [0.4, 0.5) is 14.4 Å². The minimum Gasteiger partial charge on any atom is -0.460 e. The minimum atomic E-state index is -1.24. The number of likely N-dealkylation sites (tertiary alicyclic amines) is 3. The first-order valence-electron chi connectivity index (χ1n) is 51.4. The fourth-order valence-corrected chi connectivity index (χ4v) is 22.5. The molecule has 10 aliphatic rings. The standard InChI is InChI=1S/C35H53Cl2N5O7.C35H57N5O7.C34H55N5O6/c1-6-7-15-23(28(44)30(46)38-19-16-24(43)49-34(5)17-11-12-18-34)39-29(45)27-25-22(35(25,36)37)20-42(27)31(47)26(21-13-9-8-10-14-21)40-32(48)41-33(2,3)4;1-10-11-17-23(28(42)30(44)36-19-18-24(41)47-34(5,6)7)37-29(43)27-25-22(35(25,8)9)20-40(27)31(45)26(21-15-13-12-14-16-21)38-32(46)39-33(2,3)4;1-9-10-16-23(28(41)30(43)35-18-17-24(40)20(2)3)36-29(42)27-25-22(34(25,7)8)19-39(27)31(44)26(21-14-12-11-13-15-21)37-32(45)38-33(4,5)6/h6,21-23,25-27H,1,7-20H2,2-5H3,(H,38,46)(H,39,45)(H2,40,41,48);10,21-23,25-27H,1,11-20H2,2-9H3,(H,36,44)(H,37,43)(H2,38,39,46);9,20-23,25-27H,1,10-19H2,2-8H3,(H,35,43)(H,36,42)(H2,37,38,45)/t3*22-,23?,25-,26-,27-/m000/s1. The summed E-state index contributed by atoms with van der Waals surface area (Å²) in [6, 6.07) is -10.1. The molecule has 3 unspecified atom stereocenters. The molecule has 10 rings (SSSR count). The molecular weight excluding hydrogens is 1850 g/mol.